The molecule has 2 aliphatic rings. The van der Waals surface area contributed by atoms with Crippen molar-refractivity contribution in [2.75, 3.05) is 30.3 Å². The van der Waals surface area contributed by atoms with Crippen LogP contribution in [0, 0.1) is 5.41 Å². The molecule has 2 N–H and O–H groups in total. The predicted molar refractivity (Wildman–Crippen MR) is 78.2 cm³/mol. The zero-order chi connectivity index (χ0) is 15.2. The number of aromatic nitrogens is 2. The summed E-state index contributed by atoms with van der Waals surface area (Å²) in [7, 11) is 1.68. The van der Waals surface area contributed by atoms with Gasteiger partial charge in [-0.25, -0.2) is 0 Å². The van der Waals surface area contributed by atoms with E-state index in [9.17, 15) is 9.59 Å². The molecule has 0 radical (unpaired) electrons. The van der Waals surface area contributed by atoms with E-state index in [1.54, 1.807) is 7.05 Å². The molecule has 7 nitrogen and oxygen atoms in total. The molecule has 7 heteroatoms. The Morgan fingerprint density at radius 1 is 1.38 bits per heavy atom. The molecule has 0 aliphatic carbocycles. The van der Waals surface area contributed by atoms with Crippen LogP contribution in [0.5, 0.6) is 0 Å². The average molecular weight is 292 g/mol. The van der Waals surface area contributed by atoms with Gasteiger partial charge in [0, 0.05) is 26.2 Å². The van der Waals surface area contributed by atoms with Gasteiger partial charge in [0.05, 0.1) is 12.0 Å². The molecule has 0 unspecified atom stereocenters. The first kappa shape index (κ1) is 14.1. The van der Waals surface area contributed by atoms with Crippen LogP contribution in [0.15, 0.2) is 10.9 Å². The van der Waals surface area contributed by atoms with Crippen LogP contribution < -0.4 is 16.2 Å². The topological polar surface area (TPSA) is 90.4 Å². The van der Waals surface area contributed by atoms with Crippen LogP contribution in [0.3, 0.4) is 0 Å². The summed E-state index contributed by atoms with van der Waals surface area (Å²) in [6, 6.07) is 1.31. The van der Waals surface area contributed by atoms with E-state index in [4.69, 9.17) is 10.5 Å². The molecule has 114 valence electrons. The van der Waals surface area contributed by atoms with Gasteiger partial charge in [-0.3, -0.25) is 14.2 Å². The number of Topliss-reactive ketones (excluding diaryl/α,β-unsaturated/α-hetero) is 1. The Hall–Kier alpha value is -1.89. The van der Waals surface area contributed by atoms with Gasteiger partial charge in [0.15, 0.2) is 5.78 Å². The van der Waals surface area contributed by atoms with E-state index in [0.29, 0.717) is 25.6 Å². The minimum Gasteiger partial charge on any atom is -0.383 e. The maximum absolute atomic E-state index is 12.3. The third kappa shape index (κ3) is 2.21. The van der Waals surface area contributed by atoms with Crippen LogP contribution in [0.4, 0.5) is 11.8 Å². The predicted octanol–water partition coefficient (Wildman–Crippen LogP) is -0.0631. The molecular weight excluding hydrogens is 272 g/mol. The zero-order valence-electron chi connectivity index (χ0n) is 12.3. The summed E-state index contributed by atoms with van der Waals surface area (Å²) in [5, 5.41) is 0. The monoisotopic (exact) mass is 292 g/mol. The van der Waals surface area contributed by atoms with Crippen molar-refractivity contribution in [3.05, 3.63) is 16.4 Å². The van der Waals surface area contributed by atoms with Crippen LogP contribution >= 0.6 is 0 Å². The number of nitrogen functional groups attached to an aromatic ring is 1. The number of carbonyl (C=O) groups excluding carboxylic acids is 1. The van der Waals surface area contributed by atoms with Gasteiger partial charge in [-0.05, 0) is 19.8 Å². The van der Waals surface area contributed by atoms with E-state index in [-0.39, 0.29) is 28.7 Å². The highest BCUT2D eigenvalue weighted by molar-refractivity contribution is 5.90. The second-order valence-electron chi connectivity index (χ2n) is 5.96. The summed E-state index contributed by atoms with van der Waals surface area (Å²) in [5.41, 5.74) is 5.14. The average Bonchev–Trinajstić information content (AvgIpc) is 2.73. The molecule has 2 aliphatic heterocycles. The Kier molecular flexibility index (Phi) is 3.24. The SMILES string of the molecule is C[C@@H]1OCC2(CCN(c3nc(N)cc(=O)n3C)CC2)C1=O. The molecular formula is C14H20N4O3. The first-order chi connectivity index (χ1) is 9.93. The van der Waals surface area contributed by atoms with E-state index in [2.05, 4.69) is 4.98 Å². The number of ether oxygens (including phenoxy) is 1. The van der Waals surface area contributed by atoms with Crippen molar-refractivity contribution < 1.29 is 9.53 Å². The minimum atomic E-state index is -0.352. The molecule has 0 saturated carbocycles. The van der Waals surface area contributed by atoms with Crippen molar-refractivity contribution in [2.45, 2.75) is 25.9 Å². The second-order valence-corrected chi connectivity index (χ2v) is 5.96. The summed E-state index contributed by atoms with van der Waals surface area (Å²) >= 11 is 0. The van der Waals surface area contributed by atoms with Crippen LogP contribution in [0.2, 0.25) is 0 Å². The number of carbonyl (C=O) groups is 1. The van der Waals surface area contributed by atoms with Gasteiger partial charge < -0.3 is 15.4 Å². The van der Waals surface area contributed by atoms with Crippen molar-refractivity contribution in [1.29, 1.82) is 0 Å². The van der Waals surface area contributed by atoms with Crippen LogP contribution in [0.1, 0.15) is 19.8 Å². The molecule has 0 bridgehead atoms. The summed E-state index contributed by atoms with van der Waals surface area (Å²) in [6.45, 7) is 3.66. The number of nitrogens with zero attached hydrogens (tertiary/aromatic N) is 3. The first-order valence-corrected chi connectivity index (χ1v) is 7.17. The summed E-state index contributed by atoms with van der Waals surface area (Å²) in [6.07, 6.45) is 1.15. The number of anilines is 2. The maximum atomic E-state index is 12.3. The molecule has 1 spiro atoms. The molecule has 3 heterocycles. The Bertz CT molecular complexity index is 632. The Labute approximate surface area is 122 Å². The smallest absolute Gasteiger partial charge is 0.256 e. The maximum Gasteiger partial charge on any atom is 0.256 e. The fourth-order valence-electron chi connectivity index (χ4n) is 3.22. The highest BCUT2D eigenvalue weighted by Crippen LogP contribution is 2.39. The lowest BCUT2D eigenvalue weighted by Gasteiger charge is -2.38. The number of piperidine rings is 1. The number of hydrogen-bond donors (Lipinski definition) is 1. The highest BCUT2D eigenvalue weighted by atomic mass is 16.5. The summed E-state index contributed by atoms with van der Waals surface area (Å²) in [4.78, 5) is 30.3. The van der Waals surface area contributed by atoms with E-state index in [0.717, 1.165) is 12.8 Å². The molecule has 2 saturated heterocycles. The Balaban J connectivity index is 1.81. The molecule has 1 atom stereocenters. The van der Waals surface area contributed by atoms with E-state index >= 15 is 0 Å². The van der Waals surface area contributed by atoms with Gasteiger partial charge >= 0.3 is 0 Å². The fourth-order valence-corrected chi connectivity index (χ4v) is 3.22. The lowest BCUT2D eigenvalue weighted by Crippen LogP contribution is -2.46. The normalized spacial score (nSPS) is 24.8. The first-order valence-electron chi connectivity index (χ1n) is 7.17. The summed E-state index contributed by atoms with van der Waals surface area (Å²) in [5.74, 6) is 0.994. The third-order valence-electron chi connectivity index (χ3n) is 4.64. The van der Waals surface area contributed by atoms with Gasteiger partial charge in [-0.2, -0.15) is 4.98 Å². The molecule has 21 heavy (non-hydrogen) atoms. The van der Waals surface area contributed by atoms with Crippen molar-refractivity contribution in [3.8, 4) is 0 Å². The Morgan fingerprint density at radius 2 is 2.05 bits per heavy atom. The molecule has 1 aromatic rings. The lowest BCUT2D eigenvalue weighted by molar-refractivity contribution is -0.128. The van der Waals surface area contributed by atoms with Crippen LogP contribution in [0.25, 0.3) is 0 Å². The fraction of sp³-hybridized carbons (Fsp3) is 0.643. The van der Waals surface area contributed by atoms with Gasteiger partial charge in [-0.15, -0.1) is 0 Å². The molecule has 3 rings (SSSR count). The van der Waals surface area contributed by atoms with E-state index in [1.165, 1.54) is 10.6 Å². The number of hydrogen-bond acceptors (Lipinski definition) is 6. The third-order valence-corrected chi connectivity index (χ3v) is 4.64. The van der Waals surface area contributed by atoms with Gasteiger partial charge in [0.1, 0.15) is 11.9 Å². The van der Waals surface area contributed by atoms with Crippen LogP contribution in [-0.4, -0.2) is 41.1 Å². The summed E-state index contributed by atoms with van der Waals surface area (Å²) < 4.78 is 6.99. The van der Waals surface area contributed by atoms with E-state index in [1.807, 2.05) is 11.8 Å². The number of ketones is 1. The molecule has 0 amide bonds. The van der Waals surface area contributed by atoms with Crippen molar-refractivity contribution in [2.24, 2.45) is 12.5 Å². The van der Waals surface area contributed by atoms with Gasteiger partial charge in [-0.1, -0.05) is 0 Å². The number of nitrogens with two attached hydrogens (primary N) is 1. The van der Waals surface area contributed by atoms with E-state index < -0.39 is 0 Å². The Morgan fingerprint density at radius 3 is 2.62 bits per heavy atom. The minimum absolute atomic E-state index is 0.174. The van der Waals surface area contributed by atoms with Gasteiger partial charge in [0.2, 0.25) is 5.95 Å². The highest BCUT2D eigenvalue weighted by Gasteiger charge is 2.48. The number of rotatable bonds is 1. The molecule has 1 aromatic heterocycles. The quantitative estimate of drug-likeness (QED) is 0.779. The van der Waals surface area contributed by atoms with Crippen LogP contribution in [-0.2, 0) is 16.6 Å². The standard InChI is InChI=1S/C14H20N4O3/c1-9-12(20)14(8-21-9)3-5-18(6-4-14)13-16-10(15)7-11(19)17(13)2/h7,9H,3-6,8,15H2,1-2H3/t9-/m0/s1. The molecule has 2 fully saturated rings. The largest absolute Gasteiger partial charge is 0.383 e. The molecule has 0 aromatic carbocycles. The van der Waals surface area contributed by atoms with Crippen molar-refractivity contribution in [3.63, 3.8) is 0 Å². The second kappa shape index (κ2) is 4.84. The van der Waals surface area contributed by atoms with Crippen molar-refractivity contribution in [1.82, 2.24) is 9.55 Å². The van der Waals surface area contributed by atoms with Crippen molar-refractivity contribution >= 4 is 17.5 Å². The lowest BCUT2D eigenvalue weighted by atomic mass is 9.76. The van der Waals surface area contributed by atoms with Gasteiger partial charge in [0.25, 0.3) is 5.56 Å². The zero-order valence-corrected chi connectivity index (χ0v) is 12.3.